The Morgan fingerprint density at radius 3 is 2.53 bits per heavy atom. The summed E-state index contributed by atoms with van der Waals surface area (Å²) in [5.74, 6) is 2.74. The van der Waals surface area contributed by atoms with Crippen LogP contribution in [0.1, 0.15) is 17.0 Å². The molecule has 19 heavy (non-hydrogen) atoms. The van der Waals surface area contributed by atoms with Gasteiger partial charge in [0.1, 0.15) is 17.4 Å². The van der Waals surface area contributed by atoms with Gasteiger partial charge in [0.05, 0.1) is 5.56 Å². The van der Waals surface area contributed by atoms with Gasteiger partial charge in [0.2, 0.25) is 5.88 Å². The van der Waals surface area contributed by atoms with Crippen LogP contribution in [0.2, 0.25) is 5.02 Å². The van der Waals surface area contributed by atoms with Crippen molar-refractivity contribution in [3.05, 3.63) is 40.2 Å². The summed E-state index contributed by atoms with van der Waals surface area (Å²) in [7, 11) is 1.83. The second-order valence-electron chi connectivity index (χ2n) is 4.31. The van der Waals surface area contributed by atoms with Crippen molar-refractivity contribution in [3.63, 3.8) is 0 Å². The largest absolute Gasteiger partial charge is 0.438 e. The van der Waals surface area contributed by atoms with E-state index in [2.05, 4.69) is 15.3 Å². The van der Waals surface area contributed by atoms with Crippen LogP contribution in [0, 0.1) is 20.8 Å². The summed E-state index contributed by atoms with van der Waals surface area (Å²) < 4.78 is 5.87. The van der Waals surface area contributed by atoms with Crippen molar-refractivity contribution in [2.75, 3.05) is 12.4 Å². The molecule has 1 heterocycles. The number of nitrogens with zero attached hydrogens (tertiary/aromatic N) is 2. The van der Waals surface area contributed by atoms with Gasteiger partial charge in [0, 0.05) is 12.1 Å². The molecule has 0 saturated carbocycles. The first-order valence-corrected chi connectivity index (χ1v) is 6.36. The minimum atomic E-state index is 0.558. The molecule has 0 aliphatic heterocycles. The number of aromatic nitrogens is 2. The van der Waals surface area contributed by atoms with Crippen molar-refractivity contribution in [1.29, 1.82) is 0 Å². The maximum absolute atomic E-state index is 5.93. The fourth-order valence-corrected chi connectivity index (χ4v) is 2.00. The molecule has 1 N–H and O–H groups in total. The highest BCUT2D eigenvalue weighted by Crippen LogP contribution is 2.30. The summed E-state index contributed by atoms with van der Waals surface area (Å²) in [6.07, 6.45) is 0. The Morgan fingerprint density at radius 2 is 1.89 bits per heavy atom. The zero-order valence-corrected chi connectivity index (χ0v) is 12.2. The molecule has 0 aliphatic carbocycles. The third-order valence-corrected chi connectivity index (χ3v) is 3.03. The van der Waals surface area contributed by atoms with Gasteiger partial charge in [0.15, 0.2) is 0 Å². The fourth-order valence-electron chi connectivity index (χ4n) is 1.78. The molecule has 2 rings (SSSR count). The summed E-state index contributed by atoms with van der Waals surface area (Å²) in [5.41, 5.74) is 1.84. The molecule has 0 unspecified atom stereocenters. The van der Waals surface area contributed by atoms with Crippen molar-refractivity contribution < 1.29 is 4.74 Å². The van der Waals surface area contributed by atoms with Gasteiger partial charge in [-0.25, -0.2) is 4.98 Å². The van der Waals surface area contributed by atoms with E-state index in [1.54, 1.807) is 6.07 Å². The van der Waals surface area contributed by atoms with E-state index in [0.29, 0.717) is 16.7 Å². The number of nitrogens with one attached hydrogen (secondary N) is 1. The van der Waals surface area contributed by atoms with Crippen LogP contribution in [0.4, 0.5) is 5.82 Å². The Hall–Kier alpha value is -1.81. The Kier molecular flexibility index (Phi) is 3.90. The SMILES string of the molecule is CNc1nc(C)nc(Oc2ccc(Cl)cc2C)c1C. The monoisotopic (exact) mass is 277 g/mol. The number of ether oxygens (including phenoxy) is 1. The lowest BCUT2D eigenvalue weighted by Gasteiger charge is -2.13. The van der Waals surface area contributed by atoms with Gasteiger partial charge in [-0.3, -0.25) is 0 Å². The predicted molar refractivity (Wildman–Crippen MR) is 77.3 cm³/mol. The maximum Gasteiger partial charge on any atom is 0.227 e. The number of rotatable bonds is 3. The molecule has 4 nitrogen and oxygen atoms in total. The Morgan fingerprint density at radius 1 is 1.16 bits per heavy atom. The smallest absolute Gasteiger partial charge is 0.227 e. The summed E-state index contributed by atoms with van der Waals surface area (Å²) >= 11 is 5.93. The molecule has 0 bridgehead atoms. The highest BCUT2D eigenvalue weighted by molar-refractivity contribution is 6.30. The van der Waals surface area contributed by atoms with E-state index >= 15 is 0 Å². The van der Waals surface area contributed by atoms with E-state index in [1.807, 2.05) is 40.0 Å². The Labute approximate surface area is 117 Å². The molecular weight excluding hydrogens is 262 g/mol. The summed E-state index contributed by atoms with van der Waals surface area (Å²) in [6.45, 7) is 5.71. The van der Waals surface area contributed by atoms with Crippen molar-refractivity contribution in [2.45, 2.75) is 20.8 Å². The second-order valence-corrected chi connectivity index (χ2v) is 4.75. The molecule has 0 radical (unpaired) electrons. The van der Waals surface area contributed by atoms with Crippen LogP contribution in [0.3, 0.4) is 0 Å². The number of hydrogen-bond acceptors (Lipinski definition) is 4. The third kappa shape index (κ3) is 2.96. The number of hydrogen-bond donors (Lipinski definition) is 1. The molecule has 0 atom stereocenters. The molecule has 2 aromatic rings. The van der Waals surface area contributed by atoms with Crippen LogP contribution in [0.25, 0.3) is 0 Å². The first-order chi connectivity index (χ1) is 9.01. The minimum absolute atomic E-state index is 0.558. The molecule has 0 saturated heterocycles. The second kappa shape index (κ2) is 5.45. The van der Waals surface area contributed by atoms with Crippen LogP contribution in [-0.2, 0) is 0 Å². The molecule has 1 aromatic carbocycles. The van der Waals surface area contributed by atoms with E-state index < -0.39 is 0 Å². The first kappa shape index (κ1) is 13.6. The van der Waals surface area contributed by atoms with E-state index in [-0.39, 0.29) is 0 Å². The standard InChI is InChI=1S/C14H16ClN3O/c1-8-7-11(15)5-6-12(8)19-14-9(2)13(16-4)17-10(3)18-14/h5-7H,1-4H3,(H,16,17,18). The molecule has 0 spiro atoms. The average Bonchev–Trinajstić information content (AvgIpc) is 2.36. The average molecular weight is 278 g/mol. The van der Waals surface area contributed by atoms with Crippen LogP contribution >= 0.6 is 11.6 Å². The van der Waals surface area contributed by atoms with Crippen molar-refractivity contribution in [3.8, 4) is 11.6 Å². The van der Waals surface area contributed by atoms with Gasteiger partial charge < -0.3 is 10.1 Å². The van der Waals surface area contributed by atoms with Gasteiger partial charge >= 0.3 is 0 Å². The van der Waals surface area contributed by atoms with Crippen LogP contribution in [-0.4, -0.2) is 17.0 Å². The lowest BCUT2D eigenvalue weighted by atomic mass is 10.2. The van der Waals surface area contributed by atoms with E-state index in [9.17, 15) is 0 Å². The number of anilines is 1. The molecule has 0 aliphatic rings. The summed E-state index contributed by atoms with van der Waals surface area (Å²) in [5, 5.41) is 3.72. The minimum Gasteiger partial charge on any atom is -0.438 e. The van der Waals surface area contributed by atoms with E-state index in [4.69, 9.17) is 16.3 Å². The van der Waals surface area contributed by atoms with Crippen LogP contribution in [0.15, 0.2) is 18.2 Å². The highest BCUT2D eigenvalue weighted by atomic mass is 35.5. The number of halogens is 1. The van der Waals surface area contributed by atoms with Gasteiger partial charge in [-0.05, 0) is 44.5 Å². The quantitative estimate of drug-likeness (QED) is 0.925. The van der Waals surface area contributed by atoms with Crippen LogP contribution < -0.4 is 10.1 Å². The number of benzene rings is 1. The molecule has 100 valence electrons. The summed E-state index contributed by atoms with van der Waals surface area (Å²) in [6, 6.07) is 5.50. The van der Waals surface area contributed by atoms with Crippen molar-refractivity contribution >= 4 is 17.4 Å². The zero-order valence-electron chi connectivity index (χ0n) is 11.4. The predicted octanol–water partition coefficient (Wildman–Crippen LogP) is 3.89. The van der Waals surface area contributed by atoms with Gasteiger partial charge in [-0.1, -0.05) is 11.6 Å². The van der Waals surface area contributed by atoms with Crippen molar-refractivity contribution in [1.82, 2.24) is 9.97 Å². The number of aryl methyl sites for hydroxylation is 2. The highest BCUT2D eigenvalue weighted by Gasteiger charge is 2.11. The lowest BCUT2D eigenvalue weighted by molar-refractivity contribution is 0.453. The fraction of sp³-hybridized carbons (Fsp3) is 0.286. The van der Waals surface area contributed by atoms with E-state index in [0.717, 1.165) is 22.7 Å². The van der Waals surface area contributed by atoms with Crippen molar-refractivity contribution in [2.24, 2.45) is 0 Å². The zero-order chi connectivity index (χ0) is 14.0. The third-order valence-electron chi connectivity index (χ3n) is 2.79. The lowest BCUT2D eigenvalue weighted by Crippen LogP contribution is -2.03. The summed E-state index contributed by atoms with van der Waals surface area (Å²) in [4.78, 5) is 8.64. The van der Waals surface area contributed by atoms with E-state index in [1.165, 1.54) is 0 Å². The molecule has 0 amide bonds. The molecular formula is C14H16ClN3O. The molecule has 5 heteroatoms. The van der Waals surface area contributed by atoms with Gasteiger partial charge in [0.25, 0.3) is 0 Å². The first-order valence-electron chi connectivity index (χ1n) is 5.98. The Balaban J connectivity index is 2.40. The van der Waals surface area contributed by atoms with Gasteiger partial charge in [-0.15, -0.1) is 0 Å². The Bertz CT molecular complexity index is 614. The normalized spacial score (nSPS) is 10.4. The topological polar surface area (TPSA) is 47.0 Å². The van der Waals surface area contributed by atoms with Gasteiger partial charge in [-0.2, -0.15) is 4.98 Å². The van der Waals surface area contributed by atoms with Crippen LogP contribution in [0.5, 0.6) is 11.6 Å². The molecule has 1 aromatic heterocycles. The molecule has 0 fully saturated rings. The maximum atomic E-state index is 5.93.